The van der Waals surface area contributed by atoms with Crippen molar-refractivity contribution < 1.29 is 47.6 Å². The van der Waals surface area contributed by atoms with Crippen molar-refractivity contribution in [3.05, 3.63) is 23.8 Å². The van der Waals surface area contributed by atoms with Crippen LogP contribution in [0.4, 0.5) is 9.59 Å². The minimum Gasteiger partial charge on any atom is -0.468 e. The van der Waals surface area contributed by atoms with Gasteiger partial charge in [-0.25, -0.2) is 9.59 Å². The van der Waals surface area contributed by atoms with E-state index in [1.807, 2.05) is 20.8 Å². The Morgan fingerprint density at radius 2 is 1.37 bits per heavy atom. The van der Waals surface area contributed by atoms with Crippen LogP contribution in [0.2, 0.25) is 0 Å². The Bertz CT molecular complexity index is 997. The topological polar surface area (TPSA) is 150 Å². The van der Waals surface area contributed by atoms with Crippen LogP contribution in [-0.4, -0.2) is 55.7 Å². The summed E-state index contributed by atoms with van der Waals surface area (Å²) in [4.78, 5) is 49.8. The van der Waals surface area contributed by atoms with Gasteiger partial charge in [-0.15, -0.1) is 0 Å². The number of nitrogens with two attached hydrogens (primary N) is 1. The van der Waals surface area contributed by atoms with Gasteiger partial charge in [-0.1, -0.05) is 53.0 Å². The third kappa shape index (κ3) is 12.8. The molecule has 0 spiro atoms. The van der Waals surface area contributed by atoms with Gasteiger partial charge in [-0.3, -0.25) is 9.59 Å². The van der Waals surface area contributed by atoms with Crippen LogP contribution in [0.15, 0.2) is 18.2 Å². The maximum Gasteiger partial charge on any atom is 0.514 e. The molecule has 232 valence electrons. The Kier molecular flexibility index (Phi) is 15.8. The van der Waals surface area contributed by atoms with Crippen molar-refractivity contribution in [1.82, 2.24) is 0 Å². The average Bonchev–Trinajstić information content (AvgIpc) is 2.89. The van der Waals surface area contributed by atoms with Gasteiger partial charge in [-0.05, 0) is 50.8 Å². The van der Waals surface area contributed by atoms with Gasteiger partial charge >= 0.3 is 24.2 Å². The zero-order valence-corrected chi connectivity index (χ0v) is 25.5. The van der Waals surface area contributed by atoms with Crippen molar-refractivity contribution in [2.45, 2.75) is 111 Å². The lowest BCUT2D eigenvalue weighted by atomic mass is 9.88. The molecule has 0 saturated heterocycles. The van der Waals surface area contributed by atoms with Crippen LogP contribution in [0.3, 0.4) is 0 Å². The van der Waals surface area contributed by atoms with Crippen LogP contribution in [-0.2, 0) is 35.0 Å². The Labute approximate surface area is 243 Å². The summed E-state index contributed by atoms with van der Waals surface area (Å²) in [5, 5.41) is 0. The van der Waals surface area contributed by atoms with E-state index in [1.165, 1.54) is 19.2 Å². The van der Waals surface area contributed by atoms with Gasteiger partial charge in [0.15, 0.2) is 11.5 Å². The average molecular weight is 582 g/mol. The fraction of sp³-hybridized carbons (Fsp3) is 0.667. The van der Waals surface area contributed by atoms with Gasteiger partial charge in [0.2, 0.25) is 0 Å². The van der Waals surface area contributed by atoms with E-state index in [0.717, 1.165) is 19.3 Å². The Hall–Kier alpha value is -3.34. The number of carbonyl (C=O) groups is 4. The van der Waals surface area contributed by atoms with E-state index >= 15 is 0 Å². The second-order valence-electron chi connectivity index (χ2n) is 10.4. The first-order valence-electron chi connectivity index (χ1n) is 14.3. The van der Waals surface area contributed by atoms with Crippen molar-refractivity contribution in [2.75, 3.05) is 13.7 Å². The zero-order chi connectivity index (χ0) is 31.0. The van der Waals surface area contributed by atoms with E-state index in [1.54, 1.807) is 26.8 Å². The van der Waals surface area contributed by atoms with E-state index < -0.39 is 29.9 Å². The van der Waals surface area contributed by atoms with Gasteiger partial charge < -0.3 is 34.2 Å². The molecule has 2 N–H and O–H groups in total. The Balaban J connectivity index is 3.19. The lowest BCUT2D eigenvalue weighted by molar-refractivity contribution is -0.153. The van der Waals surface area contributed by atoms with Crippen molar-refractivity contribution in [3.8, 4) is 11.5 Å². The molecule has 11 heteroatoms. The molecular formula is C30H47NO10. The molecule has 1 aromatic carbocycles. The van der Waals surface area contributed by atoms with Crippen LogP contribution in [0, 0.1) is 5.92 Å². The number of hydrogen-bond donors (Lipinski definition) is 1. The monoisotopic (exact) mass is 581 g/mol. The number of rotatable bonds is 17. The fourth-order valence-corrected chi connectivity index (χ4v) is 4.17. The summed E-state index contributed by atoms with van der Waals surface area (Å²) in [5.41, 5.74) is 5.36. The summed E-state index contributed by atoms with van der Waals surface area (Å²) in [5.74, 6) is -1.55. The van der Waals surface area contributed by atoms with E-state index in [2.05, 4.69) is 0 Å². The maximum absolute atomic E-state index is 12.7. The third-order valence-corrected chi connectivity index (χ3v) is 6.41. The first-order chi connectivity index (χ1) is 19.4. The van der Waals surface area contributed by atoms with Crippen molar-refractivity contribution in [1.29, 1.82) is 0 Å². The van der Waals surface area contributed by atoms with Gasteiger partial charge in [0.05, 0.1) is 19.6 Å². The summed E-state index contributed by atoms with van der Waals surface area (Å²) in [6.45, 7) is 11.1. The SMILES string of the molecule is CCCC(C)OC(=O)Oc1cc(C[C@](N)(CCOC(=O)C(C)CCC)C(=O)OC)ccc1OC(=O)O[C@@H](C)CCC. The van der Waals surface area contributed by atoms with Crippen LogP contribution in [0.5, 0.6) is 11.5 Å². The zero-order valence-electron chi connectivity index (χ0n) is 25.5. The minimum atomic E-state index is -1.56. The first kappa shape index (κ1) is 35.7. The highest BCUT2D eigenvalue weighted by Crippen LogP contribution is 2.31. The van der Waals surface area contributed by atoms with Crippen molar-refractivity contribution in [2.24, 2.45) is 11.7 Å². The predicted molar refractivity (Wildman–Crippen MR) is 152 cm³/mol. The Morgan fingerprint density at radius 1 is 0.829 bits per heavy atom. The minimum absolute atomic E-state index is 0.0169. The van der Waals surface area contributed by atoms with Crippen LogP contribution in [0.1, 0.15) is 92.1 Å². The second kappa shape index (κ2) is 18.2. The molecule has 0 bridgehead atoms. The molecule has 11 nitrogen and oxygen atoms in total. The maximum atomic E-state index is 12.7. The molecule has 0 aliphatic carbocycles. The number of esters is 2. The molecule has 41 heavy (non-hydrogen) atoms. The number of benzene rings is 1. The molecule has 0 heterocycles. The van der Waals surface area contributed by atoms with Crippen molar-refractivity contribution >= 4 is 24.2 Å². The van der Waals surface area contributed by atoms with E-state index in [9.17, 15) is 19.2 Å². The van der Waals surface area contributed by atoms with Gasteiger partial charge in [-0.2, -0.15) is 0 Å². The van der Waals surface area contributed by atoms with Gasteiger partial charge in [0, 0.05) is 12.8 Å². The summed E-state index contributed by atoms with van der Waals surface area (Å²) >= 11 is 0. The molecule has 0 aromatic heterocycles. The highest BCUT2D eigenvalue weighted by Gasteiger charge is 2.36. The van der Waals surface area contributed by atoms with Gasteiger partial charge in [0.25, 0.3) is 0 Å². The van der Waals surface area contributed by atoms with E-state index in [0.29, 0.717) is 24.8 Å². The third-order valence-electron chi connectivity index (χ3n) is 6.41. The molecule has 0 aliphatic rings. The first-order valence-corrected chi connectivity index (χ1v) is 14.3. The normalized spacial score (nSPS) is 14.5. The standard InChI is InChI=1S/C30H47NO10/c1-8-11-20(4)26(32)37-17-16-30(31,27(33)36-7)19-23-14-15-24(40-28(34)38-21(5)12-9-2)25(18-23)41-29(35)39-22(6)13-10-3/h14-15,18,20-22H,8-13,16-17,19,31H2,1-7H3/t20?,21-,22?,30+/m0/s1. The largest absolute Gasteiger partial charge is 0.514 e. The quantitative estimate of drug-likeness (QED) is 0.133. The number of methoxy groups -OCH3 is 1. The Morgan fingerprint density at radius 3 is 1.88 bits per heavy atom. The highest BCUT2D eigenvalue weighted by atomic mass is 16.7. The van der Waals surface area contributed by atoms with Crippen LogP contribution < -0.4 is 15.2 Å². The highest BCUT2D eigenvalue weighted by molar-refractivity contribution is 5.81. The predicted octanol–water partition coefficient (Wildman–Crippen LogP) is 5.88. The number of hydrogen-bond acceptors (Lipinski definition) is 11. The second-order valence-corrected chi connectivity index (χ2v) is 10.4. The lowest BCUT2D eigenvalue weighted by Crippen LogP contribution is -2.51. The molecule has 0 radical (unpaired) electrons. The summed E-state index contributed by atoms with van der Waals surface area (Å²) < 4.78 is 31.5. The van der Waals surface area contributed by atoms with Gasteiger partial charge in [0.1, 0.15) is 17.7 Å². The molecule has 2 unspecified atom stereocenters. The number of ether oxygens (including phenoxy) is 6. The molecule has 0 aliphatic heterocycles. The van der Waals surface area contributed by atoms with Crippen LogP contribution >= 0.6 is 0 Å². The van der Waals surface area contributed by atoms with Crippen molar-refractivity contribution in [3.63, 3.8) is 0 Å². The molecule has 1 aromatic rings. The molecule has 0 amide bonds. The molecule has 0 fully saturated rings. The van der Waals surface area contributed by atoms with E-state index in [4.69, 9.17) is 34.2 Å². The number of carbonyl (C=O) groups excluding carboxylic acids is 4. The molecular weight excluding hydrogens is 534 g/mol. The molecule has 0 saturated carbocycles. The summed E-state index contributed by atoms with van der Waals surface area (Å²) in [7, 11) is 1.21. The molecule has 4 atom stereocenters. The molecule has 1 rings (SSSR count). The summed E-state index contributed by atoms with van der Waals surface area (Å²) in [6.07, 6.45) is 1.65. The fourth-order valence-electron chi connectivity index (χ4n) is 4.17. The van der Waals surface area contributed by atoms with Crippen LogP contribution in [0.25, 0.3) is 0 Å². The lowest BCUT2D eigenvalue weighted by Gasteiger charge is -2.27. The summed E-state index contributed by atoms with van der Waals surface area (Å²) in [6, 6.07) is 4.39. The smallest absolute Gasteiger partial charge is 0.468 e. The van der Waals surface area contributed by atoms with E-state index in [-0.39, 0.29) is 48.9 Å².